The number of carbonyl (C=O) groups is 2. The van der Waals surface area contributed by atoms with Crippen LogP contribution >= 0.6 is 0 Å². The Morgan fingerprint density at radius 3 is 2.63 bits per heavy atom. The van der Waals surface area contributed by atoms with Gasteiger partial charge in [-0.3, -0.25) is 4.79 Å². The van der Waals surface area contributed by atoms with Crippen molar-refractivity contribution in [2.24, 2.45) is 0 Å². The molecule has 1 aliphatic carbocycles. The second-order valence-corrected chi connectivity index (χ2v) is 4.64. The van der Waals surface area contributed by atoms with Gasteiger partial charge in [0.25, 0.3) is 0 Å². The van der Waals surface area contributed by atoms with Gasteiger partial charge in [0, 0.05) is 12.8 Å². The van der Waals surface area contributed by atoms with Crippen LogP contribution in [0.15, 0.2) is 24.3 Å². The molecule has 0 saturated heterocycles. The standard InChI is InChI=1S/C15H18O4/c1-2-18-15(17)10-19-14-7-4-11(5-8-14)12-3-6-13(16)9-12/h4-5,7-8,12H,2-3,6,9-10H2,1H3/t12-/m0/s1. The fourth-order valence-electron chi connectivity index (χ4n) is 2.28. The van der Waals surface area contributed by atoms with Crippen LogP contribution < -0.4 is 4.74 Å². The Hall–Kier alpha value is -1.84. The first kappa shape index (κ1) is 13.6. The number of Topliss-reactive ketones (excluding diaryl/α,β-unsaturated/α-hetero) is 1. The zero-order chi connectivity index (χ0) is 13.7. The average molecular weight is 262 g/mol. The van der Waals surface area contributed by atoms with E-state index in [1.165, 1.54) is 0 Å². The Bertz CT molecular complexity index is 450. The Balaban J connectivity index is 1.88. The third-order valence-electron chi connectivity index (χ3n) is 3.26. The van der Waals surface area contributed by atoms with Gasteiger partial charge in [-0.15, -0.1) is 0 Å². The van der Waals surface area contributed by atoms with E-state index in [2.05, 4.69) is 0 Å². The summed E-state index contributed by atoms with van der Waals surface area (Å²) < 4.78 is 10.1. The number of hydrogen-bond donors (Lipinski definition) is 0. The van der Waals surface area contributed by atoms with Crippen LogP contribution in [-0.2, 0) is 14.3 Å². The highest BCUT2D eigenvalue weighted by Gasteiger charge is 2.23. The Kier molecular flexibility index (Phi) is 4.55. The number of rotatable bonds is 5. The molecule has 1 aromatic rings. The normalized spacial score (nSPS) is 18.4. The second-order valence-electron chi connectivity index (χ2n) is 4.64. The van der Waals surface area contributed by atoms with Crippen molar-refractivity contribution in [2.75, 3.05) is 13.2 Å². The van der Waals surface area contributed by atoms with Crippen molar-refractivity contribution in [1.29, 1.82) is 0 Å². The third kappa shape index (κ3) is 3.81. The Morgan fingerprint density at radius 2 is 2.05 bits per heavy atom. The number of hydrogen-bond acceptors (Lipinski definition) is 4. The van der Waals surface area contributed by atoms with E-state index in [0.717, 1.165) is 12.0 Å². The molecule has 102 valence electrons. The van der Waals surface area contributed by atoms with E-state index in [1.807, 2.05) is 24.3 Å². The van der Waals surface area contributed by atoms with Crippen molar-refractivity contribution in [3.8, 4) is 5.75 Å². The minimum Gasteiger partial charge on any atom is -0.482 e. The molecule has 0 aromatic heterocycles. The second kappa shape index (κ2) is 6.36. The lowest BCUT2D eigenvalue weighted by atomic mass is 9.98. The maximum atomic E-state index is 11.3. The van der Waals surface area contributed by atoms with Gasteiger partial charge in [0.05, 0.1) is 6.61 Å². The Morgan fingerprint density at radius 1 is 1.32 bits per heavy atom. The highest BCUT2D eigenvalue weighted by molar-refractivity contribution is 5.81. The van der Waals surface area contributed by atoms with Crippen LogP contribution in [0.4, 0.5) is 0 Å². The molecule has 1 fully saturated rings. The zero-order valence-electron chi connectivity index (χ0n) is 11.1. The topological polar surface area (TPSA) is 52.6 Å². The lowest BCUT2D eigenvalue weighted by Gasteiger charge is -2.10. The van der Waals surface area contributed by atoms with Gasteiger partial charge in [-0.25, -0.2) is 4.79 Å². The molecule has 0 aliphatic heterocycles. The third-order valence-corrected chi connectivity index (χ3v) is 3.26. The molecule has 1 aliphatic rings. The summed E-state index contributed by atoms with van der Waals surface area (Å²) in [7, 11) is 0. The van der Waals surface area contributed by atoms with Gasteiger partial charge >= 0.3 is 5.97 Å². The maximum absolute atomic E-state index is 11.3. The zero-order valence-corrected chi connectivity index (χ0v) is 11.1. The van der Waals surface area contributed by atoms with Gasteiger partial charge in [-0.1, -0.05) is 12.1 Å². The summed E-state index contributed by atoms with van der Waals surface area (Å²) in [6.07, 6.45) is 2.26. The summed E-state index contributed by atoms with van der Waals surface area (Å²) in [5.41, 5.74) is 1.16. The summed E-state index contributed by atoms with van der Waals surface area (Å²) in [5, 5.41) is 0. The molecule has 4 heteroatoms. The number of carbonyl (C=O) groups excluding carboxylic acids is 2. The molecule has 19 heavy (non-hydrogen) atoms. The molecular formula is C15H18O4. The van der Waals surface area contributed by atoms with Crippen LogP contribution in [0.1, 0.15) is 37.7 Å². The van der Waals surface area contributed by atoms with Crippen molar-refractivity contribution in [2.45, 2.75) is 32.1 Å². The van der Waals surface area contributed by atoms with Crippen LogP contribution in [0.25, 0.3) is 0 Å². The fraction of sp³-hybridized carbons (Fsp3) is 0.467. The van der Waals surface area contributed by atoms with Crippen molar-refractivity contribution in [1.82, 2.24) is 0 Å². The lowest BCUT2D eigenvalue weighted by molar-refractivity contribution is -0.145. The van der Waals surface area contributed by atoms with Gasteiger partial charge in [-0.05, 0) is 37.0 Å². The predicted molar refractivity (Wildman–Crippen MR) is 70.2 cm³/mol. The number of esters is 1. The first-order valence-electron chi connectivity index (χ1n) is 6.59. The molecule has 0 amide bonds. The molecular weight excluding hydrogens is 244 g/mol. The first-order chi connectivity index (χ1) is 9.19. The molecule has 0 radical (unpaired) electrons. The molecule has 1 aromatic carbocycles. The van der Waals surface area contributed by atoms with Crippen LogP contribution in [0.3, 0.4) is 0 Å². The van der Waals surface area contributed by atoms with Crippen molar-refractivity contribution < 1.29 is 19.1 Å². The van der Waals surface area contributed by atoms with E-state index in [9.17, 15) is 9.59 Å². The van der Waals surface area contributed by atoms with Gasteiger partial charge in [0.2, 0.25) is 0 Å². The van der Waals surface area contributed by atoms with Crippen LogP contribution in [0, 0.1) is 0 Å². The van der Waals surface area contributed by atoms with Gasteiger partial charge in [0.15, 0.2) is 6.61 Å². The number of ether oxygens (including phenoxy) is 2. The molecule has 4 nitrogen and oxygen atoms in total. The predicted octanol–water partition coefficient (Wildman–Crippen LogP) is 2.47. The van der Waals surface area contributed by atoms with Crippen molar-refractivity contribution >= 4 is 11.8 Å². The van der Waals surface area contributed by atoms with E-state index in [1.54, 1.807) is 6.92 Å². The van der Waals surface area contributed by atoms with Gasteiger partial charge in [0.1, 0.15) is 11.5 Å². The van der Waals surface area contributed by atoms with Crippen molar-refractivity contribution in [3.63, 3.8) is 0 Å². The largest absolute Gasteiger partial charge is 0.482 e. The molecule has 0 unspecified atom stereocenters. The van der Waals surface area contributed by atoms with Crippen LogP contribution in [0.5, 0.6) is 5.75 Å². The minimum atomic E-state index is -0.368. The van der Waals surface area contributed by atoms with E-state index in [-0.39, 0.29) is 12.6 Å². The highest BCUT2D eigenvalue weighted by Crippen LogP contribution is 2.32. The molecule has 0 N–H and O–H groups in total. The number of ketones is 1. The summed E-state index contributed by atoms with van der Waals surface area (Å²) >= 11 is 0. The van der Waals surface area contributed by atoms with Crippen LogP contribution in [0.2, 0.25) is 0 Å². The lowest BCUT2D eigenvalue weighted by Crippen LogP contribution is -2.14. The molecule has 1 saturated carbocycles. The van der Waals surface area contributed by atoms with E-state index < -0.39 is 0 Å². The summed E-state index contributed by atoms with van der Waals surface area (Å²) in [4.78, 5) is 22.4. The maximum Gasteiger partial charge on any atom is 0.344 e. The van der Waals surface area contributed by atoms with Crippen LogP contribution in [-0.4, -0.2) is 25.0 Å². The molecule has 2 rings (SSSR count). The highest BCUT2D eigenvalue weighted by atomic mass is 16.6. The summed E-state index contributed by atoms with van der Waals surface area (Å²) in [5.74, 6) is 0.952. The Labute approximate surface area is 112 Å². The summed E-state index contributed by atoms with van der Waals surface area (Å²) in [6, 6.07) is 7.59. The van der Waals surface area contributed by atoms with E-state index in [4.69, 9.17) is 9.47 Å². The fourth-order valence-corrected chi connectivity index (χ4v) is 2.28. The molecule has 0 bridgehead atoms. The van der Waals surface area contributed by atoms with Gasteiger partial charge in [-0.2, -0.15) is 0 Å². The smallest absolute Gasteiger partial charge is 0.344 e. The minimum absolute atomic E-state index is 0.0743. The van der Waals surface area contributed by atoms with Crippen molar-refractivity contribution in [3.05, 3.63) is 29.8 Å². The molecule has 1 atom stereocenters. The quantitative estimate of drug-likeness (QED) is 0.765. The number of benzene rings is 1. The van der Waals surface area contributed by atoms with E-state index in [0.29, 0.717) is 36.9 Å². The average Bonchev–Trinajstić information content (AvgIpc) is 2.84. The SMILES string of the molecule is CCOC(=O)COc1ccc([C@H]2CCC(=O)C2)cc1. The molecule has 0 spiro atoms. The monoisotopic (exact) mass is 262 g/mol. The first-order valence-corrected chi connectivity index (χ1v) is 6.59. The molecule has 0 heterocycles. The van der Waals surface area contributed by atoms with E-state index >= 15 is 0 Å². The summed E-state index contributed by atoms with van der Waals surface area (Å²) in [6.45, 7) is 2.04. The van der Waals surface area contributed by atoms with Gasteiger partial charge < -0.3 is 9.47 Å².